The van der Waals surface area contributed by atoms with Gasteiger partial charge in [-0.3, -0.25) is 9.59 Å². The molecule has 1 unspecified atom stereocenters. The van der Waals surface area contributed by atoms with E-state index in [1.165, 1.54) is 0 Å². The molecule has 2 aliphatic rings. The lowest BCUT2D eigenvalue weighted by Crippen LogP contribution is -2.44. The molecule has 0 aromatic heterocycles. The summed E-state index contributed by atoms with van der Waals surface area (Å²) in [6.07, 6.45) is 3.07. The zero-order valence-electron chi connectivity index (χ0n) is 13.1. The fourth-order valence-corrected chi connectivity index (χ4v) is 3.29. The Morgan fingerprint density at radius 1 is 1.09 bits per heavy atom. The van der Waals surface area contributed by atoms with Crippen LogP contribution in [0.5, 0.6) is 0 Å². The first-order valence-electron chi connectivity index (χ1n) is 8.16. The van der Waals surface area contributed by atoms with Crippen LogP contribution in [0.4, 0.5) is 0 Å². The number of hydrogen-bond donors (Lipinski definition) is 0. The summed E-state index contributed by atoms with van der Waals surface area (Å²) in [7, 11) is 0. The number of Topliss-reactive ketones (excluding diaryl/α,β-unsaturated/α-hetero) is 1. The van der Waals surface area contributed by atoms with E-state index in [1.54, 1.807) is 0 Å². The number of likely N-dealkylation sites (tertiary alicyclic amines) is 1. The molecule has 2 heterocycles. The summed E-state index contributed by atoms with van der Waals surface area (Å²) in [4.78, 5) is 26.7. The van der Waals surface area contributed by atoms with Crippen molar-refractivity contribution in [1.29, 1.82) is 0 Å². The summed E-state index contributed by atoms with van der Waals surface area (Å²) < 4.78 is 5.46. The minimum Gasteiger partial charge on any atom is -0.368 e. The molecule has 0 N–H and O–H groups in total. The number of hydrogen-bond acceptors (Lipinski definition) is 3. The van der Waals surface area contributed by atoms with Gasteiger partial charge < -0.3 is 9.64 Å². The molecule has 0 aliphatic carbocycles. The van der Waals surface area contributed by atoms with Crippen LogP contribution in [0.25, 0.3) is 0 Å². The SMILES string of the molecule is Cc1ccc(C(=O)C2CCN(C(=O)C3CCCO3)CC2)cc1. The van der Waals surface area contributed by atoms with Crippen LogP contribution in [0.2, 0.25) is 0 Å². The van der Waals surface area contributed by atoms with Crippen molar-refractivity contribution in [1.82, 2.24) is 4.90 Å². The molecule has 1 atom stereocenters. The first-order valence-corrected chi connectivity index (χ1v) is 8.16. The van der Waals surface area contributed by atoms with Crippen LogP contribution < -0.4 is 0 Å². The summed E-state index contributed by atoms with van der Waals surface area (Å²) >= 11 is 0. The Morgan fingerprint density at radius 3 is 2.36 bits per heavy atom. The molecular weight excluding hydrogens is 278 g/mol. The molecule has 0 saturated carbocycles. The second kappa shape index (κ2) is 6.61. The summed E-state index contributed by atoms with van der Waals surface area (Å²) in [6.45, 7) is 4.05. The van der Waals surface area contributed by atoms with E-state index in [-0.39, 0.29) is 23.7 Å². The van der Waals surface area contributed by atoms with Crippen molar-refractivity contribution >= 4 is 11.7 Å². The molecule has 118 valence electrons. The average Bonchev–Trinajstić information content (AvgIpc) is 3.09. The van der Waals surface area contributed by atoms with E-state index < -0.39 is 0 Å². The minimum atomic E-state index is -0.246. The maximum Gasteiger partial charge on any atom is 0.251 e. The molecule has 22 heavy (non-hydrogen) atoms. The van der Waals surface area contributed by atoms with E-state index in [1.807, 2.05) is 36.1 Å². The van der Waals surface area contributed by atoms with E-state index in [0.717, 1.165) is 36.8 Å². The van der Waals surface area contributed by atoms with E-state index in [4.69, 9.17) is 4.74 Å². The van der Waals surface area contributed by atoms with Gasteiger partial charge in [0.15, 0.2) is 5.78 Å². The van der Waals surface area contributed by atoms with E-state index in [0.29, 0.717) is 19.7 Å². The number of ketones is 1. The van der Waals surface area contributed by atoms with Gasteiger partial charge in [-0.1, -0.05) is 29.8 Å². The molecule has 3 rings (SSSR count). The minimum absolute atomic E-state index is 0.0382. The molecule has 2 saturated heterocycles. The highest BCUT2D eigenvalue weighted by atomic mass is 16.5. The van der Waals surface area contributed by atoms with Crippen molar-refractivity contribution in [2.75, 3.05) is 19.7 Å². The molecule has 0 spiro atoms. The highest BCUT2D eigenvalue weighted by Gasteiger charge is 2.32. The largest absolute Gasteiger partial charge is 0.368 e. The van der Waals surface area contributed by atoms with Crippen LogP contribution in [0.1, 0.15) is 41.6 Å². The molecular formula is C18H23NO3. The van der Waals surface area contributed by atoms with Crippen molar-refractivity contribution < 1.29 is 14.3 Å². The Bertz CT molecular complexity index is 538. The number of aryl methyl sites for hydroxylation is 1. The second-order valence-electron chi connectivity index (χ2n) is 6.33. The summed E-state index contributed by atoms with van der Waals surface area (Å²) in [5.74, 6) is 0.360. The number of ether oxygens (including phenoxy) is 1. The van der Waals surface area contributed by atoms with Crippen LogP contribution in [-0.2, 0) is 9.53 Å². The lowest BCUT2D eigenvalue weighted by Gasteiger charge is -2.32. The zero-order valence-corrected chi connectivity index (χ0v) is 13.1. The van der Waals surface area contributed by atoms with Gasteiger partial charge in [-0.15, -0.1) is 0 Å². The van der Waals surface area contributed by atoms with Crippen LogP contribution in [0, 0.1) is 12.8 Å². The van der Waals surface area contributed by atoms with Crippen molar-refractivity contribution in [2.45, 2.75) is 38.7 Å². The van der Waals surface area contributed by atoms with Gasteiger partial charge in [0.1, 0.15) is 6.10 Å². The number of nitrogens with zero attached hydrogens (tertiary/aromatic N) is 1. The fourth-order valence-electron chi connectivity index (χ4n) is 3.29. The van der Waals surface area contributed by atoms with Gasteiger partial charge in [0.25, 0.3) is 5.91 Å². The topological polar surface area (TPSA) is 46.6 Å². The highest BCUT2D eigenvalue weighted by molar-refractivity contribution is 5.98. The van der Waals surface area contributed by atoms with Gasteiger partial charge in [0.05, 0.1) is 0 Å². The average molecular weight is 301 g/mol. The lowest BCUT2D eigenvalue weighted by atomic mass is 9.88. The van der Waals surface area contributed by atoms with Gasteiger partial charge >= 0.3 is 0 Å². The Labute approximate surface area is 131 Å². The predicted molar refractivity (Wildman–Crippen MR) is 83.8 cm³/mol. The van der Waals surface area contributed by atoms with E-state index in [9.17, 15) is 9.59 Å². The van der Waals surface area contributed by atoms with Gasteiger partial charge in [0.2, 0.25) is 0 Å². The Hall–Kier alpha value is -1.68. The van der Waals surface area contributed by atoms with E-state index >= 15 is 0 Å². The molecule has 1 amide bonds. The van der Waals surface area contributed by atoms with Crippen LogP contribution in [0.3, 0.4) is 0 Å². The standard InChI is InChI=1S/C18H23NO3/c1-13-4-6-14(7-5-13)17(20)15-8-10-19(11-9-15)18(21)16-3-2-12-22-16/h4-7,15-16H,2-3,8-12H2,1H3. The quantitative estimate of drug-likeness (QED) is 0.806. The van der Waals surface area contributed by atoms with Crippen molar-refractivity contribution in [3.8, 4) is 0 Å². The molecule has 4 heteroatoms. The predicted octanol–water partition coefficient (Wildman–Crippen LogP) is 2.60. The van der Waals surface area contributed by atoms with Gasteiger partial charge in [-0.05, 0) is 32.6 Å². The van der Waals surface area contributed by atoms with Crippen LogP contribution >= 0.6 is 0 Å². The normalized spacial score (nSPS) is 22.8. The van der Waals surface area contributed by atoms with Gasteiger partial charge in [0, 0.05) is 31.2 Å². The maximum absolute atomic E-state index is 12.5. The smallest absolute Gasteiger partial charge is 0.251 e. The summed E-state index contributed by atoms with van der Waals surface area (Å²) in [5.41, 5.74) is 1.95. The Morgan fingerprint density at radius 2 is 1.77 bits per heavy atom. The maximum atomic E-state index is 12.5. The lowest BCUT2D eigenvalue weighted by molar-refractivity contribution is -0.142. The second-order valence-corrected chi connectivity index (χ2v) is 6.33. The number of piperidine rings is 1. The monoisotopic (exact) mass is 301 g/mol. The molecule has 0 bridgehead atoms. The number of amides is 1. The molecule has 1 aromatic carbocycles. The number of carbonyl (C=O) groups excluding carboxylic acids is 2. The van der Waals surface area contributed by atoms with E-state index in [2.05, 4.69) is 0 Å². The first kappa shape index (κ1) is 15.2. The molecule has 2 aliphatic heterocycles. The third kappa shape index (κ3) is 3.22. The van der Waals surface area contributed by atoms with Gasteiger partial charge in [-0.25, -0.2) is 0 Å². The molecule has 0 radical (unpaired) electrons. The third-order valence-corrected chi connectivity index (χ3v) is 4.72. The Balaban J connectivity index is 1.56. The zero-order chi connectivity index (χ0) is 15.5. The summed E-state index contributed by atoms with van der Waals surface area (Å²) in [5, 5.41) is 0. The molecule has 4 nitrogen and oxygen atoms in total. The van der Waals surface area contributed by atoms with Crippen LogP contribution in [-0.4, -0.2) is 42.4 Å². The van der Waals surface area contributed by atoms with Crippen LogP contribution in [0.15, 0.2) is 24.3 Å². The fraction of sp³-hybridized carbons (Fsp3) is 0.556. The molecule has 2 fully saturated rings. The summed E-state index contributed by atoms with van der Waals surface area (Å²) in [6, 6.07) is 7.76. The number of rotatable bonds is 3. The molecule has 1 aromatic rings. The third-order valence-electron chi connectivity index (χ3n) is 4.72. The Kier molecular flexibility index (Phi) is 4.57. The number of carbonyl (C=O) groups is 2. The van der Waals surface area contributed by atoms with Gasteiger partial charge in [-0.2, -0.15) is 0 Å². The van der Waals surface area contributed by atoms with Crippen molar-refractivity contribution in [3.63, 3.8) is 0 Å². The number of benzene rings is 1. The van der Waals surface area contributed by atoms with Crippen molar-refractivity contribution in [3.05, 3.63) is 35.4 Å². The highest BCUT2D eigenvalue weighted by Crippen LogP contribution is 2.24. The van der Waals surface area contributed by atoms with Crippen molar-refractivity contribution in [2.24, 2.45) is 5.92 Å². The first-order chi connectivity index (χ1) is 10.6.